The Kier molecular flexibility index (Phi) is 6.09. The summed E-state index contributed by atoms with van der Waals surface area (Å²) < 4.78 is 20.4. The second-order valence-corrected chi connectivity index (χ2v) is 5.50. The molecule has 0 aliphatic carbocycles. The highest BCUT2D eigenvalue weighted by atomic mass is 32.2. The molecule has 0 aromatic heterocycles. The summed E-state index contributed by atoms with van der Waals surface area (Å²) in [5.41, 5.74) is 0. The largest absolute Gasteiger partial charge is 0.472 e. The molecule has 0 fully saturated rings. The maximum atomic E-state index is 11.1. The maximum absolute atomic E-state index is 11.1. The van der Waals surface area contributed by atoms with E-state index < -0.39 is 7.82 Å². The molecule has 4 nitrogen and oxygen atoms in total. The van der Waals surface area contributed by atoms with Crippen molar-refractivity contribution in [1.29, 1.82) is 0 Å². The molecule has 0 bridgehead atoms. The highest BCUT2D eigenvalue weighted by Crippen LogP contribution is 2.42. The summed E-state index contributed by atoms with van der Waals surface area (Å²) in [6.45, 7) is 2.00. The molecule has 0 heterocycles. The first-order chi connectivity index (χ1) is 7.64. The molecular weight excluding hydrogens is 247 g/mol. The first kappa shape index (κ1) is 13.7. The average Bonchev–Trinajstić information content (AvgIpc) is 2.26. The molecule has 1 N–H and O–H groups in total. The monoisotopic (exact) mass is 262 g/mol. The first-order valence-corrected chi connectivity index (χ1v) is 7.42. The zero-order valence-corrected chi connectivity index (χ0v) is 10.7. The lowest BCUT2D eigenvalue weighted by molar-refractivity contribution is 0.162. The van der Waals surface area contributed by atoms with Gasteiger partial charge in [-0.25, -0.2) is 4.57 Å². The maximum Gasteiger partial charge on any atom is 0.472 e. The van der Waals surface area contributed by atoms with Gasteiger partial charge in [0.25, 0.3) is 0 Å². The van der Waals surface area contributed by atoms with Crippen molar-refractivity contribution in [3.63, 3.8) is 0 Å². The van der Waals surface area contributed by atoms with Gasteiger partial charge in [0.15, 0.2) is 0 Å². The number of benzene rings is 1. The Labute approximate surface area is 99.6 Å². The molecule has 0 saturated carbocycles. The van der Waals surface area contributed by atoms with Crippen LogP contribution in [0.15, 0.2) is 35.2 Å². The van der Waals surface area contributed by atoms with Gasteiger partial charge in [-0.05, 0) is 19.1 Å². The van der Waals surface area contributed by atoms with Crippen LogP contribution < -0.4 is 0 Å². The van der Waals surface area contributed by atoms with Crippen molar-refractivity contribution in [2.24, 2.45) is 0 Å². The number of phosphoric ester groups is 1. The van der Waals surface area contributed by atoms with Crippen LogP contribution >= 0.6 is 19.6 Å². The molecule has 1 aromatic carbocycles. The quantitative estimate of drug-likeness (QED) is 0.465. The van der Waals surface area contributed by atoms with E-state index in [0.717, 1.165) is 4.90 Å². The molecule has 0 radical (unpaired) electrons. The average molecular weight is 262 g/mol. The molecule has 1 atom stereocenters. The molecule has 90 valence electrons. The lowest BCUT2D eigenvalue weighted by Crippen LogP contribution is -1.98. The van der Waals surface area contributed by atoms with Gasteiger partial charge in [0, 0.05) is 10.6 Å². The Morgan fingerprint density at radius 3 is 2.62 bits per heavy atom. The predicted molar refractivity (Wildman–Crippen MR) is 64.6 cm³/mol. The van der Waals surface area contributed by atoms with E-state index in [2.05, 4.69) is 4.52 Å². The van der Waals surface area contributed by atoms with Gasteiger partial charge in [-0.3, -0.25) is 9.05 Å². The molecule has 0 aliphatic rings. The van der Waals surface area contributed by atoms with Gasteiger partial charge in [-0.1, -0.05) is 18.2 Å². The molecule has 6 heteroatoms. The Morgan fingerprint density at radius 1 is 1.31 bits per heavy atom. The molecule has 16 heavy (non-hydrogen) atoms. The lowest BCUT2D eigenvalue weighted by Gasteiger charge is -2.10. The van der Waals surface area contributed by atoms with E-state index >= 15 is 0 Å². The summed E-state index contributed by atoms with van der Waals surface area (Å²) in [5, 5.41) is 0. The van der Waals surface area contributed by atoms with Gasteiger partial charge >= 0.3 is 7.82 Å². The Morgan fingerprint density at radius 2 is 2.00 bits per heavy atom. The van der Waals surface area contributed by atoms with Crippen LogP contribution in [0.3, 0.4) is 0 Å². The summed E-state index contributed by atoms with van der Waals surface area (Å²) in [6, 6.07) is 9.79. The van der Waals surface area contributed by atoms with E-state index in [0.29, 0.717) is 5.75 Å². The fraction of sp³-hybridized carbons (Fsp3) is 0.400. The fourth-order valence-corrected chi connectivity index (χ4v) is 2.63. The van der Waals surface area contributed by atoms with Gasteiger partial charge in [0.05, 0.1) is 13.2 Å². The smallest absolute Gasteiger partial charge is 0.302 e. The summed E-state index contributed by atoms with van der Waals surface area (Å²) in [7, 11) is -3.83. The summed E-state index contributed by atoms with van der Waals surface area (Å²) >= 11 is 1.57. The molecule has 1 unspecified atom stereocenters. The number of thioether (sulfide) groups is 1. The molecule has 0 saturated heterocycles. The molecule has 0 spiro atoms. The van der Waals surface area contributed by atoms with Crippen LogP contribution in [0.25, 0.3) is 0 Å². The molecule has 1 rings (SSSR count). The third-order valence-corrected chi connectivity index (χ3v) is 3.71. The second kappa shape index (κ2) is 7.09. The third kappa shape index (κ3) is 5.68. The van der Waals surface area contributed by atoms with E-state index in [9.17, 15) is 4.57 Å². The highest BCUT2D eigenvalue weighted by Gasteiger charge is 2.18. The van der Waals surface area contributed by atoms with Crippen molar-refractivity contribution in [3.8, 4) is 0 Å². The lowest BCUT2D eigenvalue weighted by atomic mass is 10.4. The first-order valence-electron chi connectivity index (χ1n) is 4.94. The van der Waals surface area contributed by atoms with Crippen LogP contribution in [-0.4, -0.2) is 23.9 Å². The van der Waals surface area contributed by atoms with Gasteiger partial charge in [0.2, 0.25) is 0 Å². The van der Waals surface area contributed by atoms with Crippen LogP contribution in [0.4, 0.5) is 0 Å². The van der Waals surface area contributed by atoms with Crippen molar-refractivity contribution in [2.45, 2.75) is 11.8 Å². The van der Waals surface area contributed by atoms with Gasteiger partial charge in [0.1, 0.15) is 0 Å². The number of hydrogen-bond acceptors (Lipinski definition) is 4. The van der Waals surface area contributed by atoms with Crippen molar-refractivity contribution < 1.29 is 18.5 Å². The number of phosphoric acid groups is 1. The van der Waals surface area contributed by atoms with E-state index in [1.165, 1.54) is 0 Å². The molecule has 0 amide bonds. The Bertz CT molecular complexity index is 344. The Balaban J connectivity index is 2.20. The van der Waals surface area contributed by atoms with Crippen LogP contribution in [0.1, 0.15) is 6.92 Å². The minimum atomic E-state index is -3.83. The van der Waals surface area contributed by atoms with Crippen LogP contribution in [0.2, 0.25) is 0 Å². The SMILES string of the molecule is CCOP(=O)(O)OCCSc1ccccc1. The van der Waals surface area contributed by atoms with Gasteiger partial charge in [-0.15, -0.1) is 11.8 Å². The minimum Gasteiger partial charge on any atom is -0.302 e. The van der Waals surface area contributed by atoms with Crippen LogP contribution in [-0.2, 0) is 13.6 Å². The van der Waals surface area contributed by atoms with E-state index in [-0.39, 0.29) is 13.2 Å². The second-order valence-electron chi connectivity index (χ2n) is 2.88. The van der Waals surface area contributed by atoms with Crippen molar-refractivity contribution in [2.75, 3.05) is 19.0 Å². The van der Waals surface area contributed by atoms with Gasteiger partial charge in [-0.2, -0.15) is 0 Å². The fourth-order valence-electron chi connectivity index (χ4n) is 1.03. The standard InChI is InChI=1S/C10H15O4PS/c1-2-13-15(11,12)14-8-9-16-10-6-4-3-5-7-10/h3-7H,2,8-9H2,1H3,(H,11,12). The molecular formula is C10H15O4PS. The molecule has 1 aromatic rings. The van der Waals surface area contributed by atoms with E-state index in [1.54, 1.807) is 18.7 Å². The predicted octanol–water partition coefficient (Wildman–Crippen LogP) is 2.93. The number of rotatable bonds is 7. The molecule has 0 aliphatic heterocycles. The normalized spacial score (nSPS) is 14.6. The van der Waals surface area contributed by atoms with Crippen molar-refractivity contribution >= 4 is 19.6 Å². The summed E-state index contributed by atoms with van der Waals surface area (Å²) in [4.78, 5) is 10.2. The Hall–Kier alpha value is -0.320. The highest BCUT2D eigenvalue weighted by molar-refractivity contribution is 7.99. The van der Waals surface area contributed by atoms with Crippen molar-refractivity contribution in [3.05, 3.63) is 30.3 Å². The summed E-state index contributed by atoms with van der Waals surface area (Å²) in [5.74, 6) is 0.613. The topological polar surface area (TPSA) is 55.8 Å². The minimum absolute atomic E-state index is 0.166. The van der Waals surface area contributed by atoms with Gasteiger partial charge < -0.3 is 4.89 Å². The zero-order valence-electron chi connectivity index (χ0n) is 9.04. The van der Waals surface area contributed by atoms with E-state index in [1.807, 2.05) is 30.3 Å². The number of hydrogen-bond donors (Lipinski definition) is 1. The zero-order chi connectivity index (χ0) is 11.9. The summed E-state index contributed by atoms with van der Waals surface area (Å²) in [6.07, 6.45) is 0. The third-order valence-electron chi connectivity index (χ3n) is 1.64. The van der Waals surface area contributed by atoms with Crippen LogP contribution in [0, 0.1) is 0 Å². The van der Waals surface area contributed by atoms with Crippen molar-refractivity contribution in [1.82, 2.24) is 0 Å². The van der Waals surface area contributed by atoms with E-state index in [4.69, 9.17) is 9.42 Å². The van der Waals surface area contributed by atoms with Crippen LogP contribution in [0.5, 0.6) is 0 Å².